The summed E-state index contributed by atoms with van der Waals surface area (Å²) in [5.74, 6) is 0.674. The van der Waals surface area contributed by atoms with Crippen molar-refractivity contribution in [2.75, 3.05) is 19.8 Å². The molecule has 2 fully saturated rings. The Morgan fingerprint density at radius 1 is 1.56 bits per heavy atom. The van der Waals surface area contributed by atoms with Crippen LogP contribution in [0, 0.1) is 5.92 Å². The Kier molecular flexibility index (Phi) is 3.50. The lowest BCUT2D eigenvalue weighted by Gasteiger charge is -2.44. The molecule has 92 valence electrons. The van der Waals surface area contributed by atoms with E-state index in [4.69, 9.17) is 4.74 Å². The monoisotopic (exact) mass is 226 g/mol. The summed E-state index contributed by atoms with van der Waals surface area (Å²) in [7, 11) is 0. The van der Waals surface area contributed by atoms with Crippen LogP contribution < -0.4 is 10.6 Å². The molecule has 2 rings (SSSR count). The number of piperazine rings is 1. The first-order chi connectivity index (χ1) is 7.61. The van der Waals surface area contributed by atoms with Gasteiger partial charge in [-0.2, -0.15) is 0 Å². The van der Waals surface area contributed by atoms with Crippen molar-refractivity contribution in [3.8, 4) is 0 Å². The van der Waals surface area contributed by atoms with Gasteiger partial charge in [0.25, 0.3) is 0 Å². The summed E-state index contributed by atoms with van der Waals surface area (Å²) in [6, 6.07) is -0.0459. The third-order valence-electron chi connectivity index (χ3n) is 3.43. The standard InChI is InChI=1S/C12H22N2O2/c1-9(2)6-10-11(15)13-7-12(14-10)4-3-5-16-8-12/h9-10,14H,3-8H2,1-2H3,(H,13,15)/t10-,12?/m1/s1. The maximum absolute atomic E-state index is 11.7. The lowest BCUT2D eigenvalue weighted by molar-refractivity contribution is -0.128. The number of carbonyl (C=O) groups excluding carboxylic acids is 1. The van der Waals surface area contributed by atoms with E-state index in [0.717, 1.165) is 32.5 Å². The molecule has 0 aromatic rings. The Labute approximate surface area is 97.1 Å². The molecule has 2 heterocycles. The molecule has 0 aliphatic carbocycles. The summed E-state index contributed by atoms with van der Waals surface area (Å²) in [4.78, 5) is 11.7. The molecule has 2 aliphatic rings. The summed E-state index contributed by atoms with van der Waals surface area (Å²) in [5.41, 5.74) is -0.00822. The maximum atomic E-state index is 11.7. The number of carbonyl (C=O) groups is 1. The van der Waals surface area contributed by atoms with Gasteiger partial charge in [0.1, 0.15) is 0 Å². The van der Waals surface area contributed by atoms with E-state index in [1.807, 2.05) is 0 Å². The Morgan fingerprint density at radius 2 is 2.38 bits per heavy atom. The number of hydrogen-bond acceptors (Lipinski definition) is 3. The van der Waals surface area contributed by atoms with Crippen molar-refractivity contribution in [1.82, 2.24) is 10.6 Å². The van der Waals surface area contributed by atoms with Crippen LogP contribution in [0.2, 0.25) is 0 Å². The summed E-state index contributed by atoms with van der Waals surface area (Å²) in [6.45, 7) is 6.58. The minimum absolute atomic E-state index is 0.00822. The van der Waals surface area contributed by atoms with Crippen LogP contribution in [-0.4, -0.2) is 37.2 Å². The van der Waals surface area contributed by atoms with Crippen LogP contribution in [0.15, 0.2) is 0 Å². The fourth-order valence-electron chi connectivity index (χ4n) is 2.61. The van der Waals surface area contributed by atoms with Crippen molar-refractivity contribution >= 4 is 5.91 Å². The Hall–Kier alpha value is -0.610. The van der Waals surface area contributed by atoms with Crippen molar-refractivity contribution in [3.63, 3.8) is 0 Å². The Morgan fingerprint density at radius 3 is 3.00 bits per heavy atom. The highest BCUT2D eigenvalue weighted by atomic mass is 16.5. The van der Waals surface area contributed by atoms with Gasteiger partial charge in [-0.25, -0.2) is 0 Å². The fourth-order valence-corrected chi connectivity index (χ4v) is 2.61. The van der Waals surface area contributed by atoms with Crippen molar-refractivity contribution in [1.29, 1.82) is 0 Å². The van der Waals surface area contributed by atoms with Gasteiger partial charge in [-0.15, -0.1) is 0 Å². The Bertz CT molecular complexity index is 260. The number of amides is 1. The van der Waals surface area contributed by atoms with E-state index < -0.39 is 0 Å². The second-order valence-corrected chi connectivity index (χ2v) is 5.48. The van der Waals surface area contributed by atoms with E-state index in [-0.39, 0.29) is 17.5 Å². The third kappa shape index (κ3) is 2.55. The van der Waals surface area contributed by atoms with Crippen molar-refractivity contribution < 1.29 is 9.53 Å². The van der Waals surface area contributed by atoms with E-state index in [9.17, 15) is 4.79 Å². The first-order valence-corrected chi connectivity index (χ1v) is 6.24. The number of ether oxygens (including phenoxy) is 1. The molecule has 0 saturated carbocycles. The molecule has 1 amide bonds. The highest BCUT2D eigenvalue weighted by Crippen LogP contribution is 2.23. The number of hydrogen-bond donors (Lipinski definition) is 2. The van der Waals surface area contributed by atoms with Gasteiger partial charge in [-0.1, -0.05) is 13.8 Å². The zero-order valence-electron chi connectivity index (χ0n) is 10.2. The predicted molar refractivity (Wildman–Crippen MR) is 62.2 cm³/mol. The molecule has 4 heteroatoms. The van der Waals surface area contributed by atoms with Gasteiger partial charge in [-0.3, -0.25) is 10.1 Å². The molecular weight excluding hydrogens is 204 g/mol. The van der Waals surface area contributed by atoms with Gasteiger partial charge in [-0.05, 0) is 25.2 Å². The van der Waals surface area contributed by atoms with Crippen LogP contribution in [0.1, 0.15) is 33.1 Å². The minimum Gasteiger partial charge on any atom is -0.379 e. The van der Waals surface area contributed by atoms with Crippen molar-refractivity contribution in [2.45, 2.75) is 44.7 Å². The molecule has 0 aromatic carbocycles. The fraction of sp³-hybridized carbons (Fsp3) is 0.917. The predicted octanol–water partition coefficient (Wildman–Crippen LogP) is 0.670. The van der Waals surface area contributed by atoms with Crippen LogP contribution in [0.3, 0.4) is 0 Å². The van der Waals surface area contributed by atoms with E-state index in [2.05, 4.69) is 24.5 Å². The van der Waals surface area contributed by atoms with Crippen LogP contribution in [0.4, 0.5) is 0 Å². The average molecular weight is 226 g/mol. The zero-order valence-corrected chi connectivity index (χ0v) is 10.2. The lowest BCUT2D eigenvalue weighted by atomic mass is 9.87. The SMILES string of the molecule is CC(C)C[C@H]1NC2(CCCOC2)CNC1=O. The largest absolute Gasteiger partial charge is 0.379 e. The smallest absolute Gasteiger partial charge is 0.237 e. The number of rotatable bonds is 2. The molecule has 16 heavy (non-hydrogen) atoms. The van der Waals surface area contributed by atoms with Crippen LogP contribution in [0.5, 0.6) is 0 Å². The molecule has 0 bridgehead atoms. The van der Waals surface area contributed by atoms with Gasteiger partial charge >= 0.3 is 0 Å². The molecular formula is C12H22N2O2. The summed E-state index contributed by atoms with van der Waals surface area (Å²) in [6.07, 6.45) is 3.08. The number of nitrogens with one attached hydrogen (secondary N) is 2. The topological polar surface area (TPSA) is 50.4 Å². The van der Waals surface area contributed by atoms with Crippen molar-refractivity contribution in [2.24, 2.45) is 5.92 Å². The molecule has 2 aliphatic heterocycles. The van der Waals surface area contributed by atoms with Crippen molar-refractivity contribution in [3.05, 3.63) is 0 Å². The van der Waals surface area contributed by atoms with Gasteiger partial charge in [0.2, 0.25) is 5.91 Å². The second-order valence-electron chi connectivity index (χ2n) is 5.48. The average Bonchev–Trinajstić information content (AvgIpc) is 2.24. The second kappa shape index (κ2) is 4.72. The van der Waals surface area contributed by atoms with Crippen LogP contribution in [-0.2, 0) is 9.53 Å². The van der Waals surface area contributed by atoms with Gasteiger partial charge in [0.05, 0.1) is 18.2 Å². The van der Waals surface area contributed by atoms with Gasteiger partial charge in [0, 0.05) is 13.2 Å². The summed E-state index contributed by atoms with van der Waals surface area (Å²) >= 11 is 0. The molecule has 4 nitrogen and oxygen atoms in total. The van der Waals surface area contributed by atoms with Crippen LogP contribution >= 0.6 is 0 Å². The molecule has 2 atom stereocenters. The highest BCUT2D eigenvalue weighted by molar-refractivity contribution is 5.82. The normalized spacial score (nSPS) is 35.4. The highest BCUT2D eigenvalue weighted by Gasteiger charge is 2.40. The van der Waals surface area contributed by atoms with E-state index in [0.29, 0.717) is 12.5 Å². The molecule has 2 saturated heterocycles. The molecule has 1 spiro atoms. The van der Waals surface area contributed by atoms with Crippen LogP contribution in [0.25, 0.3) is 0 Å². The minimum atomic E-state index is -0.0459. The molecule has 0 radical (unpaired) electrons. The quantitative estimate of drug-likeness (QED) is 0.727. The molecule has 1 unspecified atom stereocenters. The third-order valence-corrected chi connectivity index (χ3v) is 3.43. The van der Waals surface area contributed by atoms with E-state index in [1.165, 1.54) is 0 Å². The zero-order chi connectivity index (χ0) is 11.6. The van der Waals surface area contributed by atoms with Gasteiger partial charge in [0.15, 0.2) is 0 Å². The van der Waals surface area contributed by atoms with E-state index >= 15 is 0 Å². The summed E-state index contributed by atoms with van der Waals surface area (Å²) in [5, 5.41) is 6.53. The first-order valence-electron chi connectivity index (χ1n) is 6.24. The lowest BCUT2D eigenvalue weighted by Crippen LogP contribution is -2.69. The van der Waals surface area contributed by atoms with Gasteiger partial charge < -0.3 is 10.1 Å². The Balaban J connectivity index is 2.00. The molecule has 2 N–H and O–H groups in total. The molecule has 0 aromatic heterocycles. The van der Waals surface area contributed by atoms with E-state index in [1.54, 1.807) is 0 Å². The first kappa shape index (κ1) is 11.9. The summed E-state index contributed by atoms with van der Waals surface area (Å²) < 4.78 is 5.54. The maximum Gasteiger partial charge on any atom is 0.237 e.